The molecule has 4 aromatic rings. The minimum Gasteiger partial charge on any atom is -0.360 e. The van der Waals surface area contributed by atoms with Crippen LogP contribution in [0.2, 0.25) is 0 Å². The normalized spacial score (nSPS) is 17.0. The molecular weight excluding hydrogens is 504 g/mol. The molecule has 6 rings (SSSR count). The number of anilines is 1. The molecule has 3 N–H and O–H groups in total. The third kappa shape index (κ3) is 4.74. The van der Waals surface area contributed by atoms with Gasteiger partial charge in [-0.1, -0.05) is 0 Å². The summed E-state index contributed by atoms with van der Waals surface area (Å²) in [5.74, 6) is 1.53. The summed E-state index contributed by atoms with van der Waals surface area (Å²) in [5, 5.41) is 3.12. The highest BCUT2D eigenvalue weighted by Crippen LogP contribution is 2.44. The minimum absolute atomic E-state index is 0. The molecule has 2 fully saturated rings. The quantitative estimate of drug-likeness (QED) is 0.286. The average Bonchev–Trinajstić information content (AvgIpc) is 3.80. The first-order valence-corrected chi connectivity index (χ1v) is 14.7. The van der Waals surface area contributed by atoms with Crippen LogP contribution in [0.1, 0.15) is 63.1 Å². The molecule has 11 nitrogen and oxygen atoms in total. The summed E-state index contributed by atoms with van der Waals surface area (Å²) in [6, 6.07) is 3.28. The molecule has 2 aliphatic carbocycles. The fraction of sp³-hybridized carbons (Fsp3) is 0.423. The van der Waals surface area contributed by atoms with Gasteiger partial charge in [-0.25, -0.2) is 24.9 Å². The molecule has 12 heteroatoms. The van der Waals surface area contributed by atoms with Crippen molar-refractivity contribution in [1.29, 1.82) is 0 Å². The molecular formula is C26H32N8O3S. The van der Waals surface area contributed by atoms with E-state index in [1.165, 1.54) is 12.5 Å². The fourth-order valence-corrected chi connectivity index (χ4v) is 5.34. The summed E-state index contributed by atoms with van der Waals surface area (Å²) in [4.78, 5) is 41.4. The van der Waals surface area contributed by atoms with E-state index in [2.05, 4.69) is 37.2 Å². The number of hydrogen-bond acceptors (Lipinski definition) is 10. The van der Waals surface area contributed by atoms with Crippen molar-refractivity contribution >= 4 is 27.6 Å². The lowest BCUT2D eigenvalue weighted by molar-refractivity contribution is 0.482. The Morgan fingerprint density at radius 1 is 1.11 bits per heavy atom. The van der Waals surface area contributed by atoms with Crippen LogP contribution in [-0.2, 0) is 6.54 Å². The maximum atomic E-state index is 13.7. The summed E-state index contributed by atoms with van der Waals surface area (Å²) in [6.07, 6.45) is 10.4. The Bertz CT molecular complexity index is 1580. The van der Waals surface area contributed by atoms with Crippen LogP contribution in [0.15, 0.2) is 40.5 Å². The third-order valence-corrected chi connectivity index (χ3v) is 8.41. The van der Waals surface area contributed by atoms with E-state index in [-0.39, 0.29) is 25.4 Å². The van der Waals surface area contributed by atoms with Gasteiger partial charge in [0.15, 0.2) is 17.3 Å². The van der Waals surface area contributed by atoms with E-state index in [9.17, 15) is 13.9 Å². The standard InChI is InChI=1S/C26H30N8O3S.H2/c1-14-21(22(17-6-7-17)31-13-30-14)23-29-12-20-25(33-23)34(15(2)16-4-5-16)26(35)24(32-20)28-10-18-8-9-19(11-27-18)38(3,36)37;/h8-9,11-13,15-17,36-37H,4-7,10H2,1-3H3,(H,28,32);1H/t15-;/m0./s1. The van der Waals surface area contributed by atoms with Gasteiger partial charge in [-0.05, 0) is 57.6 Å². The molecule has 0 aliphatic heterocycles. The summed E-state index contributed by atoms with van der Waals surface area (Å²) in [5.41, 5.74) is 4.05. The number of nitrogens with one attached hydrogen (secondary N) is 1. The Morgan fingerprint density at radius 2 is 1.89 bits per heavy atom. The topological polar surface area (TPSA) is 152 Å². The smallest absolute Gasteiger partial charge is 0.295 e. The molecule has 0 unspecified atom stereocenters. The number of hydrogen-bond donors (Lipinski definition) is 3. The van der Waals surface area contributed by atoms with Gasteiger partial charge in [-0.2, -0.15) is 10.6 Å². The van der Waals surface area contributed by atoms with Gasteiger partial charge >= 0.3 is 0 Å². The van der Waals surface area contributed by atoms with Crippen molar-refractivity contribution in [3.8, 4) is 11.4 Å². The zero-order chi connectivity index (χ0) is 26.6. The molecule has 0 bridgehead atoms. The van der Waals surface area contributed by atoms with Crippen molar-refractivity contribution in [3.63, 3.8) is 0 Å². The number of aromatic nitrogens is 7. The SMILES string of the molecule is Cc1ncnc(C2CC2)c1-c1ncc2nc(NCc3ccc(S(C)(O)O)cn3)c(=O)n([C@@H](C)C3CC3)c2n1.[HH]. The fourth-order valence-electron chi connectivity index (χ4n) is 4.76. The number of fused-ring (bicyclic) bond motifs is 1. The molecule has 0 amide bonds. The van der Waals surface area contributed by atoms with E-state index in [1.54, 1.807) is 29.2 Å². The minimum atomic E-state index is -2.84. The van der Waals surface area contributed by atoms with Crippen molar-refractivity contribution in [2.45, 2.75) is 62.9 Å². The summed E-state index contributed by atoms with van der Waals surface area (Å²) in [7, 11) is -2.84. The Labute approximate surface area is 222 Å². The predicted molar refractivity (Wildman–Crippen MR) is 147 cm³/mol. The summed E-state index contributed by atoms with van der Waals surface area (Å²) >= 11 is 0. The lowest BCUT2D eigenvalue weighted by atomic mass is 10.1. The Kier molecular flexibility index (Phi) is 6.12. The molecule has 0 aromatic carbocycles. The maximum Gasteiger partial charge on any atom is 0.295 e. The second-order valence-electron chi connectivity index (χ2n) is 10.3. The van der Waals surface area contributed by atoms with Crippen molar-refractivity contribution in [1.82, 2.24) is 34.5 Å². The van der Waals surface area contributed by atoms with E-state index in [4.69, 9.17) is 4.98 Å². The first-order chi connectivity index (χ1) is 18.2. The van der Waals surface area contributed by atoms with Gasteiger partial charge in [0, 0.05) is 19.6 Å². The molecule has 0 saturated heterocycles. The zero-order valence-corrected chi connectivity index (χ0v) is 22.3. The van der Waals surface area contributed by atoms with Crippen LogP contribution < -0.4 is 10.9 Å². The van der Waals surface area contributed by atoms with Gasteiger partial charge in [0.2, 0.25) is 0 Å². The van der Waals surface area contributed by atoms with E-state index >= 15 is 0 Å². The van der Waals surface area contributed by atoms with Gasteiger partial charge in [0.1, 0.15) is 11.8 Å². The molecule has 0 radical (unpaired) electrons. The molecule has 2 aliphatic rings. The van der Waals surface area contributed by atoms with Gasteiger partial charge in [0.05, 0.1) is 46.5 Å². The number of nitrogens with zero attached hydrogens (tertiary/aromatic N) is 7. The molecule has 38 heavy (non-hydrogen) atoms. The molecule has 4 heterocycles. The predicted octanol–water partition coefficient (Wildman–Crippen LogP) is 4.79. The zero-order valence-electron chi connectivity index (χ0n) is 21.5. The van der Waals surface area contributed by atoms with Gasteiger partial charge in [-0.15, -0.1) is 0 Å². The van der Waals surface area contributed by atoms with Crippen LogP contribution in [-0.4, -0.2) is 49.8 Å². The highest BCUT2D eigenvalue weighted by Gasteiger charge is 2.33. The Hall–Kier alpha value is -3.48. The maximum absolute atomic E-state index is 13.7. The van der Waals surface area contributed by atoms with Gasteiger partial charge in [-0.3, -0.25) is 23.5 Å². The van der Waals surface area contributed by atoms with E-state index in [1.807, 2.05) is 6.92 Å². The van der Waals surface area contributed by atoms with Crippen LogP contribution in [0.25, 0.3) is 22.6 Å². The van der Waals surface area contributed by atoms with Crippen molar-refractivity contribution in [2.24, 2.45) is 5.92 Å². The first kappa shape index (κ1) is 24.8. The number of rotatable bonds is 8. The van der Waals surface area contributed by atoms with Gasteiger partial charge < -0.3 is 5.32 Å². The molecule has 0 spiro atoms. The monoisotopic (exact) mass is 536 g/mol. The highest BCUT2D eigenvalue weighted by molar-refractivity contribution is 8.23. The molecule has 1 atom stereocenters. The molecule has 2 saturated carbocycles. The van der Waals surface area contributed by atoms with Crippen LogP contribution in [0.5, 0.6) is 0 Å². The third-order valence-electron chi connectivity index (χ3n) is 7.28. The van der Waals surface area contributed by atoms with Crippen LogP contribution in [0, 0.1) is 12.8 Å². The lowest BCUT2D eigenvalue weighted by Crippen LogP contribution is -2.29. The van der Waals surface area contributed by atoms with Gasteiger partial charge in [0.25, 0.3) is 5.56 Å². The number of aryl methyl sites for hydroxylation is 1. The average molecular weight is 537 g/mol. The second kappa shape index (κ2) is 9.37. The van der Waals surface area contributed by atoms with Crippen molar-refractivity contribution < 1.29 is 10.5 Å². The largest absolute Gasteiger partial charge is 0.360 e. The molecule has 4 aromatic heterocycles. The van der Waals surface area contributed by atoms with Crippen LogP contribution in [0.4, 0.5) is 5.82 Å². The van der Waals surface area contributed by atoms with E-state index < -0.39 is 10.6 Å². The van der Waals surface area contributed by atoms with Crippen LogP contribution >= 0.6 is 10.6 Å². The van der Waals surface area contributed by atoms with Crippen LogP contribution in [0.3, 0.4) is 0 Å². The Morgan fingerprint density at radius 3 is 2.55 bits per heavy atom. The lowest BCUT2D eigenvalue weighted by Gasteiger charge is -2.26. The molecule has 200 valence electrons. The summed E-state index contributed by atoms with van der Waals surface area (Å²) < 4.78 is 21.4. The van der Waals surface area contributed by atoms with E-state index in [0.29, 0.717) is 39.4 Å². The second-order valence-corrected chi connectivity index (χ2v) is 12.4. The van der Waals surface area contributed by atoms with E-state index in [0.717, 1.165) is 42.6 Å². The summed E-state index contributed by atoms with van der Waals surface area (Å²) in [6.45, 7) is 4.24. The van der Waals surface area contributed by atoms with Crippen molar-refractivity contribution in [2.75, 3.05) is 11.6 Å². The first-order valence-electron chi connectivity index (χ1n) is 12.7. The Balaban J connectivity index is 0.00000308. The highest BCUT2D eigenvalue weighted by atomic mass is 32.3. The van der Waals surface area contributed by atoms with Crippen molar-refractivity contribution in [3.05, 3.63) is 58.3 Å². The number of pyridine rings is 1.